The fraction of sp³-hybridized carbons (Fsp3) is 1.00. The molecule has 0 aromatic rings. The minimum Gasteiger partial charge on any atom is -0.244 e. The summed E-state index contributed by atoms with van der Waals surface area (Å²) in [4.78, 5) is 0. The highest BCUT2D eigenvalue weighted by atomic mass is 19.3. The molecule has 0 radical (unpaired) electrons. The van der Waals surface area contributed by atoms with E-state index in [1.165, 1.54) is 6.42 Å². The van der Waals surface area contributed by atoms with E-state index in [4.69, 9.17) is 0 Å². The van der Waals surface area contributed by atoms with Crippen molar-refractivity contribution in [1.82, 2.24) is 0 Å². The quantitative estimate of drug-likeness (QED) is 0.503. The Morgan fingerprint density at radius 1 is 0.875 bits per heavy atom. The van der Waals surface area contributed by atoms with Gasteiger partial charge in [-0.15, -0.1) is 0 Å². The second kappa shape index (κ2) is 7.15. The fourth-order valence-electron chi connectivity index (χ4n) is 6.07. The summed E-state index contributed by atoms with van der Waals surface area (Å²) in [5.41, 5.74) is 0. The predicted molar refractivity (Wildman–Crippen MR) is 88.6 cm³/mol. The third kappa shape index (κ3) is 3.11. The fourth-order valence-corrected chi connectivity index (χ4v) is 6.07. The summed E-state index contributed by atoms with van der Waals surface area (Å²) in [6, 6.07) is 0. The van der Waals surface area contributed by atoms with E-state index < -0.39 is 30.1 Å². The van der Waals surface area contributed by atoms with Gasteiger partial charge in [-0.2, -0.15) is 0 Å². The lowest BCUT2D eigenvalue weighted by molar-refractivity contribution is -0.147. The van der Waals surface area contributed by atoms with Crippen LogP contribution >= 0.6 is 0 Å². The number of alkyl halides is 4. The van der Waals surface area contributed by atoms with Gasteiger partial charge in [0.15, 0.2) is 0 Å². The summed E-state index contributed by atoms with van der Waals surface area (Å²) < 4.78 is 58.8. The van der Waals surface area contributed by atoms with E-state index in [1.807, 2.05) is 6.92 Å². The van der Waals surface area contributed by atoms with E-state index in [0.717, 1.165) is 32.1 Å². The number of halogens is 4. The van der Waals surface area contributed by atoms with Crippen molar-refractivity contribution in [2.24, 2.45) is 35.5 Å². The summed E-state index contributed by atoms with van der Waals surface area (Å²) >= 11 is 0. The molecule has 0 N–H and O–H groups in total. The maximum absolute atomic E-state index is 15.0. The lowest BCUT2D eigenvalue weighted by atomic mass is 9.71. The Hall–Kier alpha value is -0.280. The first-order valence-electron chi connectivity index (χ1n) is 10.1. The summed E-state index contributed by atoms with van der Waals surface area (Å²) in [7, 11) is 0. The topological polar surface area (TPSA) is 0 Å². The van der Waals surface area contributed by atoms with Crippen molar-refractivity contribution in [1.29, 1.82) is 0 Å². The molecule has 24 heavy (non-hydrogen) atoms. The maximum atomic E-state index is 15.0. The van der Waals surface area contributed by atoms with Gasteiger partial charge in [-0.1, -0.05) is 46.0 Å². The first kappa shape index (κ1) is 18.5. The SMILES string of the molecule is CCCC1CCC(C2CC3CC(CC)C(F)C(F)C3C2(F)F)CC1. The van der Waals surface area contributed by atoms with Crippen LogP contribution in [0, 0.1) is 35.5 Å². The molecule has 0 spiro atoms. The summed E-state index contributed by atoms with van der Waals surface area (Å²) in [6.07, 6.45) is 3.80. The highest BCUT2D eigenvalue weighted by Gasteiger charge is 2.65. The molecule has 3 rings (SSSR count). The average Bonchev–Trinajstić information content (AvgIpc) is 2.83. The average molecular weight is 348 g/mol. The minimum absolute atomic E-state index is 0.00374. The van der Waals surface area contributed by atoms with Crippen LogP contribution in [0.2, 0.25) is 0 Å². The number of hydrogen-bond acceptors (Lipinski definition) is 0. The highest BCUT2D eigenvalue weighted by Crippen LogP contribution is 2.60. The maximum Gasteiger partial charge on any atom is 0.257 e. The van der Waals surface area contributed by atoms with E-state index in [9.17, 15) is 8.78 Å². The third-order valence-corrected chi connectivity index (χ3v) is 7.39. The van der Waals surface area contributed by atoms with Gasteiger partial charge in [-0.05, 0) is 49.4 Å². The van der Waals surface area contributed by atoms with Crippen LogP contribution in [0.1, 0.15) is 71.6 Å². The predicted octanol–water partition coefficient (Wildman–Crippen LogP) is 6.59. The molecular formula is C20H32F4. The van der Waals surface area contributed by atoms with Crippen molar-refractivity contribution in [3.63, 3.8) is 0 Å². The van der Waals surface area contributed by atoms with Gasteiger partial charge in [0.2, 0.25) is 0 Å². The second-order valence-corrected chi connectivity index (χ2v) is 8.66. The Balaban J connectivity index is 1.71. The smallest absolute Gasteiger partial charge is 0.244 e. The second-order valence-electron chi connectivity index (χ2n) is 8.66. The molecule has 0 amide bonds. The molecule has 3 saturated carbocycles. The van der Waals surface area contributed by atoms with Gasteiger partial charge < -0.3 is 0 Å². The Bertz CT molecular complexity index is 416. The van der Waals surface area contributed by atoms with Crippen LogP contribution in [-0.2, 0) is 0 Å². The molecule has 140 valence electrons. The molecule has 0 aromatic heterocycles. The van der Waals surface area contributed by atoms with Gasteiger partial charge in [0.25, 0.3) is 5.92 Å². The molecule has 6 atom stereocenters. The summed E-state index contributed by atoms with van der Waals surface area (Å²) in [5, 5.41) is 0. The van der Waals surface area contributed by atoms with Crippen LogP contribution < -0.4 is 0 Å². The summed E-state index contributed by atoms with van der Waals surface area (Å²) in [5.74, 6) is -5.16. The Morgan fingerprint density at radius 3 is 2.12 bits per heavy atom. The molecule has 4 heteroatoms. The summed E-state index contributed by atoms with van der Waals surface area (Å²) in [6.45, 7) is 4.00. The van der Waals surface area contributed by atoms with Gasteiger partial charge in [0.05, 0.1) is 5.92 Å². The van der Waals surface area contributed by atoms with E-state index in [1.54, 1.807) is 0 Å². The van der Waals surface area contributed by atoms with Crippen molar-refractivity contribution in [2.45, 2.75) is 89.9 Å². The van der Waals surface area contributed by atoms with E-state index in [2.05, 4.69) is 6.92 Å². The van der Waals surface area contributed by atoms with Gasteiger partial charge in [-0.25, -0.2) is 17.6 Å². The molecule has 0 bridgehead atoms. The van der Waals surface area contributed by atoms with Gasteiger partial charge in [-0.3, -0.25) is 0 Å². The first-order valence-corrected chi connectivity index (χ1v) is 10.1. The van der Waals surface area contributed by atoms with E-state index >= 15 is 8.78 Å². The van der Waals surface area contributed by atoms with Crippen LogP contribution in [-0.4, -0.2) is 18.3 Å². The monoisotopic (exact) mass is 348 g/mol. The van der Waals surface area contributed by atoms with Crippen LogP contribution in [0.4, 0.5) is 17.6 Å². The van der Waals surface area contributed by atoms with Crippen LogP contribution in [0.3, 0.4) is 0 Å². The van der Waals surface area contributed by atoms with Gasteiger partial charge in [0.1, 0.15) is 12.3 Å². The molecule has 3 fully saturated rings. The molecule has 0 nitrogen and oxygen atoms in total. The zero-order valence-electron chi connectivity index (χ0n) is 15.0. The third-order valence-electron chi connectivity index (χ3n) is 7.39. The lowest BCUT2D eigenvalue weighted by Gasteiger charge is -2.40. The largest absolute Gasteiger partial charge is 0.257 e. The molecule has 0 heterocycles. The lowest BCUT2D eigenvalue weighted by Crippen LogP contribution is -2.48. The highest BCUT2D eigenvalue weighted by molar-refractivity contribution is 5.07. The number of hydrogen-bond donors (Lipinski definition) is 0. The molecule has 0 aliphatic heterocycles. The van der Waals surface area contributed by atoms with Crippen molar-refractivity contribution >= 4 is 0 Å². The molecule has 0 aromatic carbocycles. The first-order chi connectivity index (χ1) is 11.4. The number of rotatable bonds is 4. The molecular weight excluding hydrogens is 316 g/mol. The number of fused-ring (bicyclic) bond motifs is 1. The normalized spacial score (nSPS) is 48.2. The zero-order valence-corrected chi connectivity index (χ0v) is 15.0. The van der Waals surface area contributed by atoms with Crippen LogP contribution in [0.25, 0.3) is 0 Å². The van der Waals surface area contributed by atoms with Crippen molar-refractivity contribution < 1.29 is 17.6 Å². The Labute approximate surface area is 143 Å². The van der Waals surface area contributed by atoms with Crippen LogP contribution in [0.5, 0.6) is 0 Å². The van der Waals surface area contributed by atoms with Crippen molar-refractivity contribution in [2.75, 3.05) is 0 Å². The zero-order chi connectivity index (χ0) is 17.5. The Morgan fingerprint density at radius 2 is 1.54 bits per heavy atom. The molecule has 0 saturated heterocycles. The van der Waals surface area contributed by atoms with Gasteiger partial charge >= 0.3 is 0 Å². The molecule has 3 aliphatic carbocycles. The van der Waals surface area contributed by atoms with Crippen molar-refractivity contribution in [3.05, 3.63) is 0 Å². The van der Waals surface area contributed by atoms with Crippen molar-refractivity contribution in [3.8, 4) is 0 Å². The molecule has 3 aliphatic rings. The van der Waals surface area contributed by atoms with E-state index in [0.29, 0.717) is 25.2 Å². The minimum atomic E-state index is -3.03. The van der Waals surface area contributed by atoms with E-state index in [-0.39, 0.29) is 17.8 Å². The van der Waals surface area contributed by atoms with Crippen LogP contribution in [0.15, 0.2) is 0 Å². The Kier molecular flexibility index (Phi) is 5.51. The molecule has 6 unspecified atom stereocenters. The van der Waals surface area contributed by atoms with Gasteiger partial charge in [0, 0.05) is 5.92 Å². The standard InChI is InChI=1S/C20H32F4/c1-3-5-12-6-8-14(9-7-12)16-11-15-10-13(4-2)18(21)19(22)17(15)20(16,23)24/h12-19H,3-11H2,1-2H3.